The molecule has 3 nitrogen and oxygen atoms in total. The van der Waals surface area contributed by atoms with Crippen molar-refractivity contribution in [1.29, 1.82) is 0 Å². The molecule has 0 radical (unpaired) electrons. The van der Waals surface area contributed by atoms with Crippen LogP contribution in [0.25, 0.3) is 0 Å². The van der Waals surface area contributed by atoms with Crippen molar-refractivity contribution >= 4 is 32.1 Å². The van der Waals surface area contributed by atoms with E-state index in [4.69, 9.17) is 11.6 Å². The Morgan fingerprint density at radius 2 is 2.22 bits per heavy atom. The number of amides is 1. The van der Waals surface area contributed by atoms with E-state index in [1.807, 2.05) is 26.0 Å². The van der Waals surface area contributed by atoms with Gasteiger partial charge in [-0.1, -0.05) is 54.1 Å². The van der Waals surface area contributed by atoms with Gasteiger partial charge < -0.3 is 10.6 Å². The minimum absolute atomic E-state index is 0.122. The molecule has 32 heavy (non-hydrogen) atoms. The molecule has 170 valence electrons. The first kappa shape index (κ1) is 24.6. The van der Waals surface area contributed by atoms with Gasteiger partial charge in [0.05, 0.1) is 5.41 Å². The molecule has 1 heterocycles. The van der Waals surface area contributed by atoms with Gasteiger partial charge in [0.25, 0.3) is 0 Å². The Bertz CT molecular complexity index is 985. The van der Waals surface area contributed by atoms with Crippen LogP contribution in [0.1, 0.15) is 51.5 Å². The predicted octanol–water partition coefficient (Wildman–Crippen LogP) is 5.81. The van der Waals surface area contributed by atoms with E-state index in [9.17, 15) is 4.79 Å². The fourth-order valence-electron chi connectivity index (χ4n) is 4.00. The number of hydrogen-bond acceptors (Lipinski definition) is 2. The molecule has 2 unspecified atom stereocenters. The van der Waals surface area contributed by atoms with Crippen LogP contribution in [0.2, 0.25) is 0 Å². The molecule has 0 spiro atoms. The summed E-state index contributed by atoms with van der Waals surface area (Å²) in [6.45, 7) is 4.61. The van der Waals surface area contributed by atoms with Crippen LogP contribution in [-0.2, 0) is 11.2 Å². The molecule has 1 aliphatic carbocycles. The lowest BCUT2D eigenvalue weighted by Crippen LogP contribution is -2.38. The smallest absolute Gasteiger partial charge is 0.229 e. The molecule has 1 aromatic rings. The van der Waals surface area contributed by atoms with Gasteiger partial charge in [-0.15, -0.1) is 9.24 Å². The summed E-state index contributed by atoms with van der Waals surface area (Å²) in [5.74, 6) is 0.122. The number of hydrogen-bond donors (Lipinski definition) is 2. The molecule has 2 N–H and O–H groups in total. The van der Waals surface area contributed by atoms with E-state index in [0.29, 0.717) is 6.54 Å². The zero-order chi connectivity index (χ0) is 23.0. The first-order valence-corrected chi connectivity index (χ1v) is 12.3. The Balaban J connectivity index is 1.44. The first-order chi connectivity index (χ1) is 15.3. The normalized spacial score (nSPS) is 22.2. The third-order valence-corrected chi connectivity index (χ3v) is 6.45. The van der Waals surface area contributed by atoms with Gasteiger partial charge in [0.15, 0.2) is 0 Å². The van der Waals surface area contributed by atoms with Crippen LogP contribution < -0.4 is 15.9 Å². The number of halogens is 1. The highest BCUT2D eigenvalue weighted by Gasteiger charge is 2.30. The minimum Gasteiger partial charge on any atom is -0.365 e. The lowest BCUT2D eigenvalue weighted by molar-refractivity contribution is -0.128. The van der Waals surface area contributed by atoms with Crippen LogP contribution >= 0.6 is 20.8 Å². The summed E-state index contributed by atoms with van der Waals surface area (Å²) in [6, 6.07) is 8.52. The molecule has 5 heteroatoms. The van der Waals surface area contributed by atoms with Gasteiger partial charge >= 0.3 is 0 Å². The largest absolute Gasteiger partial charge is 0.365 e. The molecular weight excluding hydrogens is 435 g/mol. The van der Waals surface area contributed by atoms with Crippen molar-refractivity contribution in [1.82, 2.24) is 10.6 Å². The van der Waals surface area contributed by atoms with Crippen molar-refractivity contribution in [2.45, 2.75) is 52.4 Å². The Hall–Kier alpha value is -2.09. The lowest BCUT2D eigenvalue weighted by atomic mass is 9.84. The van der Waals surface area contributed by atoms with Gasteiger partial charge in [-0.2, -0.15) is 0 Å². The summed E-state index contributed by atoms with van der Waals surface area (Å²) in [4.78, 5) is 12.9. The van der Waals surface area contributed by atoms with Crippen molar-refractivity contribution in [2.24, 2.45) is 5.41 Å². The standard InChI is InChI=1S/C27H34ClN2OP/c1-20(28)10-11-24-17-23(19-30-24)8-5-15-29-26(31)27(2)13-4-7-21(12-14-27)16-22-6-3-9-25(32)18-22/h3,6-7,9-12,14,18-19,30H,4-5,8,13,15-17,32H2,1-2H3,(H,29,31)/b20-10+,24-11+. The summed E-state index contributed by atoms with van der Waals surface area (Å²) in [5.41, 5.74) is 4.63. The second-order valence-corrected chi connectivity index (χ2v) is 10.2. The van der Waals surface area contributed by atoms with Crippen molar-refractivity contribution in [3.05, 3.63) is 88.3 Å². The molecule has 0 saturated carbocycles. The number of allylic oxidation sites excluding steroid dienone is 7. The van der Waals surface area contributed by atoms with Crippen molar-refractivity contribution in [3.63, 3.8) is 0 Å². The second-order valence-electron chi connectivity index (χ2n) is 8.92. The molecule has 1 aromatic carbocycles. The number of carbonyl (C=O) groups is 1. The Kier molecular flexibility index (Phi) is 8.96. The molecule has 2 aliphatic rings. The highest BCUT2D eigenvalue weighted by Crippen LogP contribution is 2.30. The van der Waals surface area contributed by atoms with E-state index in [2.05, 4.69) is 68.6 Å². The SMILES string of the molecule is C/C(Cl)=C\C=C1/CC(CCCNC(=O)C2(C)C=CC(Cc3cccc(P)c3)=CCC2)=CN1. The fourth-order valence-corrected chi connectivity index (χ4v) is 4.39. The number of rotatable bonds is 8. The maximum Gasteiger partial charge on any atom is 0.229 e. The van der Waals surface area contributed by atoms with E-state index in [1.54, 1.807) is 0 Å². The van der Waals surface area contributed by atoms with Crippen LogP contribution in [0, 0.1) is 5.41 Å². The molecule has 0 saturated heterocycles. The van der Waals surface area contributed by atoms with Crippen LogP contribution in [0.3, 0.4) is 0 Å². The molecule has 1 amide bonds. The predicted molar refractivity (Wildman–Crippen MR) is 140 cm³/mol. The van der Waals surface area contributed by atoms with Gasteiger partial charge in [-0.05, 0) is 80.1 Å². The van der Waals surface area contributed by atoms with Gasteiger partial charge in [0.1, 0.15) is 0 Å². The summed E-state index contributed by atoms with van der Waals surface area (Å²) in [7, 11) is 2.75. The van der Waals surface area contributed by atoms with E-state index in [1.165, 1.54) is 22.0 Å². The van der Waals surface area contributed by atoms with Gasteiger partial charge in [0, 0.05) is 29.9 Å². The van der Waals surface area contributed by atoms with Crippen molar-refractivity contribution in [3.8, 4) is 0 Å². The molecule has 3 rings (SSSR count). The van der Waals surface area contributed by atoms with E-state index < -0.39 is 5.41 Å². The Morgan fingerprint density at radius 1 is 1.38 bits per heavy atom. The molecule has 0 aromatic heterocycles. The zero-order valence-electron chi connectivity index (χ0n) is 19.1. The quantitative estimate of drug-likeness (QED) is 0.373. The number of nitrogens with one attached hydrogen (secondary N) is 2. The average molecular weight is 469 g/mol. The summed E-state index contributed by atoms with van der Waals surface area (Å²) in [5, 5.41) is 8.42. The highest BCUT2D eigenvalue weighted by atomic mass is 35.5. The summed E-state index contributed by atoms with van der Waals surface area (Å²) < 4.78 is 0. The zero-order valence-corrected chi connectivity index (χ0v) is 21.0. The van der Waals surface area contributed by atoms with Gasteiger partial charge in [-0.3, -0.25) is 4.79 Å². The Morgan fingerprint density at radius 3 is 3.00 bits per heavy atom. The van der Waals surface area contributed by atoms with E-state index >= 15 is 0 Å². The Labute approximate surface area is 200 Å². The molecule has 2 atom stereocenters. The molecule has 0 fully saturated rings. The lowest BCUT2D eigenvalue weighted by Gasteiger charge is -2.23. The van der Waals surface area contributed by atoms with Gasteiger partial charge in [0.2, 0.25) is 5.91 Å². The third kappa shape index (κ3) is 7.50. The van der Waals surface area contributed by atoms with Gasteiger partial charge in [-0.25, -0.2) is 0 Å². The van der Waals surface area contributed by atoms with Crippen molar-refractivity contribution in [2.75, 3.05) is 6.54 Å². The second kappa shape index (κ2) is 11.7. The van der Waals surface area contributed by atoms with Crippen LogP contribution in [-0.4, -0.2) is 12.5 Å². The van der Waals surface area contributed by atoms with E-state index in [0.717, 1.165) is 49.3 Å². The van der Waals surface area contributed by atoms with Crippen LogP contribution in [0.15, 0.2) is 82.7 Å². The summed E-state index contributed by atoms with van der Waals surface area (Å²) >= 11 is 5.88. The summed E-state index contributed by atoms with van der Waals surface area (Å²) in [6.07, 6.45) is 18.0. The minimum atomic E-state index is -0.462. The van der Waals surface area contributed by atoms with Crippen LogP contribution in [0.5, 0.6) is 0 Å². The van der Waals surface area contributed by atoms with Crippen molar-refractivity contribution < 1.29 is 4.79 Å². The van der Waals surface area contributed by atoms with E-state index in [-0.39, 0.29) is 5.91 Å². The molecule has 0 bridgehead atoms. The highest BCUT2D eigenvalue weighted by molar-refractivity contribution is 7.27. The monoisotopic (exact) mass is 468 g/mol. The average Bonchev–Trinajstić information content (AvgIpc) is 3.12. The fraction of sp³-hybridized carbons (Fsp3) is 0.370. The van der Waals surface area contributed by atoms with Crippen LogP contribution in [0.4, 0.5) is 0 Å². The first-order valence-electron chi connectivity index (χ1n) is 11.3. The third-order valence-electron chi connectivity index (χ3n) is 5.97. The molecule has 1 aliphatic heterocycles. The number of carbonyl (C=O) groups excluding carboxylic acids is 1. The maximum atomic E-state index is 12.9. The number of benzene rings is 1. The topological polar surface area (TPSA) is 41.1 Å². The molecular formula is C27H34ClN2OP. The maximum absolute atomic E-state index is 12.9.